The molecule has 1 N–H and O–H groups in total. The standard InChI is InChI=1S/C12H16ClNO/c1-2-4-12(15)14-9-11-6-3-5-10(7-11)8-13/h3,5-7H,2,4,8-9H2,1H3,(H,14,15). The van der Waals surface area contributed by atoms with Gasteiger partial charge in [0.25, 0.3) is 0 Å². The Morgan fingerprint density at radius 1 is 1.40 bits per heavy atom. The lowest BCUT2D eigenvalue weighted by atomic mass is 10.1. The molecule has 82 valence electrons. The van der Waals surface area contributed by atoms with Crippen molar-refractivity contribution in [2.24, 2.45) is 0 Å². The Kier molecular flexibility index (Phi) is 5.19. The van der Waals surface area contributed by atoms with E-state index in [0.29, 0.717) is 18.8 Å². The third kappa shape index (κ3) is 4.34. The fourth-order valence-electron chi connectivity index (χ4n) is 1.34. The van der Waals surface area contributed by atoms with Crippen molar-refractivity contribution in [2.75, 3.05) is 0 Å². The lowest BCUT2D eigenvalue weighted by Crippen LogP contribution is -2.22. The zero-order chi connectivity index (χ0) is 11.1. The zero-order valence-corrected chi connectivity index (χ0v) is 9.68. The molecule has 1 aromatic carbocycles. The number of alkyl halides is 1. The summed E-state index contributed by atoms with van der Waals surface area (Å²) in [6.45, 7) is 2.58. The molecule has 1 amide bonds. The SMILES string of the molecule is CCCC(=O)NCc1cccc(CCl)c1. The number of amides is 1. The Labute approximate surface area is 95.6 Å². The molecule has 2 nitrogen and oxygen atoms in total. The summed E-state index contributed by atoms with van der Waals surface area (Å²) in [5.74, 6) is 0.616. The van der Waals surface area contributed by atoms with Gasteiger partial charge in [-0.25, -0.2) is 0 Å². The normalized spacial score (nSPS) is 10.0. The van der Waals surface area contributed by atoms with Gasteiger partial charge in [-0.3, -0.25) is 4.79 Å². The van der Waals surface area contributed by atoms with Crippen LogP contribution in [-0.4, -0.2) is 5.91 Å². The maximum absolute atomic E-state index is 11.2. The van der Waals surface area contributed by atoms with Crippen LogP contribution >= 0.6 is 11.6 Å². The van der Waals surface area contributed by atoms with Crippen molar-refractivity contribution in [3.8, 4) is 0 Å². The van der Waals surface area contributed by atoms with Crippen molar-refractivity contribution in [3.63, 3.8) is 0 Å². The second-order valence-corrected chi connectivity index (χ2v) is 3.75. The maximum Gasteiger partial charge on any atom is 0.220 e. The molecule has 0 unspecified atom stereocenters. The van der Waals surface area contributed by atoms with Crippen LogP contribution in [-0.2, 0) is 17.2 Å². The molecular weight excluding hydrogens is 210 g/mol. The molecule has 0 atom stereocenters. The summed E-state index contributed by atoms with van der Waals surface area (Å²) in [6.07, 6.45) is 1.47. The predicted octanol–water partition coefficient (Wildman–Crippen LogP) is 2.84. The van der Waals surface area contributed by atoms with Crippen molar-refractivity contribution >= 4 is 17.5 Å². The lowest BCUT2D eigenvalue weighted by molar-refractivity contribution is -0.121. The van der Waals surface area contributed by atoms with Gasteiger partial charge in [-0.2, -0.15) is 0 Å². The number of hydrogen-bond acceptors (Lipinski definition) is 1. The van der Waals surface area contributed by atoms with Crippen LogP contribution < -0.4 is 5.32 Å². The minimum Gasteiger partial charge on any atom is -0.352 e. The molecule has 0 fully saturated rings. The number of benzene rings is 1. The van der Waals surface area contributed by atoms with Crippen LogP contribution in [0.4, 0.5) is 0 Å². The maximum atomic E-state index is 11.2. The van der Waals surface area contributed by atoms with E-state index in [0.717, 1.165) is 17.5 Å². The first-order valence-electron chi connectivity index (χ1n) is 5.16. The molecule has 1 rings (SSSR count). The molecule has 0 aromatic heterocycles. The van der Waals surface area contributed by atoms with Crippen molar-refractivity contribution in [1.29, 1.82) is 0 Å². The quantitative estimate of drug-likeness (QED) is 0.768. The molecule has 0 bridgehead atoms. The number of rotatable bonds is 5. The van der Waals surface area contributed by atoms with Crippen LogP contribution in [0.15, 0.2) is 24.3 Å². The summed E-state index contributed by atoms with van der Waals surface area (Å²) in [6, 6.07) is 7.94. The Morgan fingerprint density at radius 3 is 2.80 bits per heavy atom. The molecular formula is C12H16ClNO. The van der Waals surface area contributed by atoms with E-state index in [1.165, 1.54) is 0 Å². The number of carbonyl (C=O) groups excluding carboxylic acids is 1. The average Bonchev–Trinajstić information content (AvgIpc) is 2.27. The molecule has 0 aliphatic carbocycles. The Hall–Kier alpha value is -1.02. The fraction of sp³-hybridized carbons (Fsp3) is 0.417. The molecule has 0 saturated carbocycles. The monoisotopic (exact) mass is 225 g/mol. The van der Waals surface area contributed by atoms with Gasteiger partial charge in [0.05, 0.1) is 0 Å². The summed E-state index contributed by atoms with van der Waals surface area (Å²) in [5, 5.41) is 2.87. The molecule has 0 radical (unpaired) electrons. The van der Waals surface area contributed by atoms with Gasteiger partial charge in [0.2, 0.25) is 5.91 Å². The smallest absolute Gasteiger partial charge is 0.220 e. The van der Waals surface area contributed by atoms with Gasteiger partial charge in [-0.15, -0.1) is 11.6 Å². The van der Waals surface area contributed by atoms with Crippen molar-refractivity contribution in [1.82, 2.24) is 5.32 Å². The van der Waals surface area contributed by atoms with Gasteiger partial charge >= 0.3 is 0 Å². The van der Waals surface area contributed by atoms with Crippen molar-refractivity contribution in [2.45, 2.75) is 32.2 Å². The van der Waals surface area contributed by atoms with Gasteiger partial charge < -0.3 is 5.32 Å². The molecule has 0 spiro atoms. The molecule has 0 saturated heterocycles. The summed E-state index contributed by atoms with van der Waals surface area (Å²) in [4.78, 5) is 11.2. The Morgan fingerprint density at radius 2 is 2.13 bits per heavy atom. The van der Waals surface area contributed by atoms with Crippen LogP contribution in [0.25, 0.3) is 0 Å². The topological polar surface area (TPSA) is 29.1 Å². The van der Waals surface area contributed by atoms with Crippen LogP contribution in [0, 0.1) is 0 Å². The molecule has 0 aliphatic rings. The van der Waals surface area contributed by atoms with Crippen LogP contribution in [0.5, 0.6) is 0 Å². The van der Waals surface area contributed by atoms with Crippen molar-refractivity contribution in [3.05, 3.63) is 35.4 Å². The highest BCUT2D eigenvalue weighted by atomic mass is 35.5. The first kappa shape index (κ1) is 12.1. The second-order valence-electron chi connectivity index (χ2n) is 3.48. The van der Waals surface area contributed by atoms with E-state index >= 15 is 0 Å². The Bertz CT molecular complexity index is 325. The minimum absolute atomic E-state index is 0.105. The minimum atomic E-state index is 0.105. The molecule has 1 aromatic rings. The lowest BCUT2D eigenvalue weighted by Gasteiger charge is -2.05. The van der Waals surface area contributed by atoms with Gasteiger partial charge in [0.15, 0.2) is 0 Å². The molecule has 15 heavy (non-hydrogen) atoms. The highest BCUT2D eigenvalue weighted by Crippen LogP contribution is 2.07. The van der Waals surface area contributed by atoms with E-state index in [1.807, 2.05) is 31.2 Å². The van der Waals surface area contributed by atoms with E-state index in [9.17, 15) is 4.79 Å². The first-order valence-corrected chi connectivity index (χ1v) is 5.70. The van der Waals surface area contributed by atoms with Gasteiger partial charge in [-0.1, -0.05) is 31.2 Å². The summed E-state index contributed by atoms with van der Waals surface area (Å²) >= 11 is 5.72. The van der Waals surface area contributed by atoms with E-state index in [4.69, 9.17) is 11.6 Å². The van der Waals surface area contributed by atoms with Gasteiger partial charge in [0, 0.05) is 18.8 Å². The average molecular weight is 226 g/mol. The van der Waals surface area contributed by atoms with Crippen LogP contribution in [0.2, 0.25) is 0 Å². The number of hydrogen-bond donors (Lipinski definition) is 1. The van der Waals surface area contributed by atoms with Gasteiger partial charge in [-0.05, 0) is 17.5 Å². The van der Waals surface area contributed by atoms with E-state index in [-0.39, 0.29) is 5.91 Å². The molecule has 0 aliphatic heterocycles. The summed E-state index contributed by atoms with van der Waals surface area (Å²) in [5.41, 5.74) is 2.18. The fourth-order valence-corrected chi connectivity index (χ4v) is 1.51. The molecule has 3 heteroatoms. The predicted molar refractivity (Wildman–Crippen MR) is 62.8 cm³/mol. The number of halogens is 1. The van der Waals surface area contributed by atoms with Crippen LogP contribution in [0.1, 0.15) is 30.9 Å². The second kappa shape index (κ2) is 6.46. The van der Waals surface area contributed by atoms with E-state index < -0.39 is 0 Å². The van der Waals surface area contributed by atoms with Crippen molar-refractivity contribution < 1.29 is 4.79 Å². The van der Waals surface area contributed by atoms with Gasteiger partial charge in [0.1, 0.15) is 0 Å². The third-order valence-corrected chi connectivity index (χ3v) is 2.42. The number of nitrogens with one attached hydrogen (secondary N) is 1. The number of carbonyl (C=O) groups is 1. The largest absolute Gasteiger partial charge is 0.352 e. The third-order valence-electron chi connectivity index (χ3n) is 2.11. The Balaban J connectivity index is 2.46. The first-order chi connectivity index (χ1) is 7.26. The molecule has 0 heterocycles. The van der Waals surface area contributed by atoms with E-state index in [1.54, 1.807) is 0 Å². The van der Waals surface area contributed by atoms with Crippen LogP contribution in [0.3, 0.4) is 0 Å². The highest BCUT2D eigenvalue weighted by molar-refractivity contribution is 6.17. The summed E-state index contributed by atoms with van der Waals surface area (Å²) in [7, 11) is 0. The summed E-state index contributed by atoms with van der Waals surface area (Å²) < 4.78 is 0. The van der Waals surface area contributed by atoms with E-state index in [2.05, 4.69) is 5.32 Å². The highest BCUT2D eigenvalue weighted by Gasteiger charge is 1.99. The zero-order valence-electron chi connectivity index (χ0n) is 8.92.